The number of carbonyl (C=O) groups excluding carboxylic acids is 1. The minimum atomic E-state index is -1.01. The third-order valence-corrected chi connectivity index (χ3v) is 3.75. The van der Waals surface area contributed by atoms with Crippen LogP contribution in [0, 0.1) is 0 Å². The number of likely N-dealkylation sites (N-methyl/N-ethyl adjacent to an activating group) is 1. The van der Waals surface area contributed by atoms with E-state index in [9.17, 15) is 9.59 Å². The molecule has 21 heavy (non-hydrogen) atoms. The number of nitrogens with one attached hydrogen (secondary N) is 1. The normalized spacial score (nSPS) is 11.2. The summed E-state index contributed by atoms with van der Waals surface area (Å²) in [6.07, 6.45) is 2.53. The zero-order chi connectivity index (χ0) is 15.7. The van der Waals surface area contributed by atoms with Crippen LogP contribution in [0.15, 0.2) is 18.2 Å². The number of hydrogen-bond acceptors (Lipinski definition) is 5. The molecule has 0 aliphatic carbocycles. The Morgan fingerprint density at radius 1 is 1.43 bits per heavy atom. The van der Waals surface area contributed by atoms with Gasteiger partial charge in [0.1, 0.15) is 0 Å². The second-order valence-corrected chi connectivity index (χ2v) is 5.54. The summed E-state index contributed by atoms with van der Waals surface area (Å²) < 4.78 is 4.98. The van der Waals surface area contributed by atoms with Gasteiger partial charge in [-0.3, -0.25) is 4.79 Å². The molecule has 0 saturated heterocycles. The van der Waals surface area contributed by atoms with E-state index in [2.05, 4.69) is 10.2 Å². The van der Waals surface area contributed by atoms with Crippen LogP contribution in [0.1, 0.15) is 14.5 Å². The highest BCUT2D eigenvalue weighted by Gasteiger charge is 2.08. The van der Waals surface area contributed by atoms with Crippen LogP contribution in [0.25, 0.3) is 6.08 Å². The molecule has 0 saturated carbocycles. The number of carboxylic acid groups (broad SMARTS) is 1. The van der Waals surface area contributed by atoms with Crippen LogP contribution in [0.5, 0.6) is 0 Å². The quantitative estimate of drug-likeness (QED) is 0.669. The number of rotatable bonds is 9. The maximum atomic E-state index is 11.9. The molecule has 2 N–H and O–H groups in total. The van der Waals surface area contributed by atoms with Crippen molar-refractivity contribution in [2.24, 2.45) is 0 Å². The Hall–Kier alpha value is -1.70. The minimum absolute atomic E-state index is 0.143. The van der Waals surface area contributed by atoms with Crippen molar-refractivity contribution in [3.8, 4) is 0 Å². The number of carbonyl (C=O) groups is 2. The van der Waals surface area contributed by atoms with Crippen molar-refractivity contribution in [3.63, 3.8) is 0 Å². The van der Waals surface area contributed by atoms with Gasteiger partial charge in [-0.1, -0.05) is 0 Å². The van der Waals surface area contributed by atoms with Gasteiger partial charge in [0.25, 0.3) is 5.91 Å². The molecule has 1 rings (SSSR count). The fraction of sp³-hybridized carbons (Fsp3) is 0.429. The van der Waals surface area contributed by atoms with Crippen LogP contribution >= 0.6 is 11.3 Å². The summed E-state index contributed by atoms with van der Waals surface area (Å²) in [5.41, 5.74) is 0. The summed E-state index contributed by atoms with van der Waals surface area (Å²) in [6.45, 7) is 2.77. The number of nitrogens with zero attached hydrogens (tertiary/aromatic N) is 1. The maximum Gasteiger partial charge on any atom is 0.328 e. The molecular weight excluding hydrogens is 292 g/mol. The van der Waals surface area contributed by atoms with E-state index in [1.165, 1.54) is 17.4 Å². The first-order valence-corrected chi connectivity index (χ1v) is 7.31. The zero-order valence-corrected chi connectivity index (χ0v) is 13.0. The molecule has 1 heterocycles. The summed E-state index contributed by atoms with van der Waals surface area (Å²) in [5, 5.41) is 11.4. The third kappa shape index (κ3) is 7.03. The second kappa shape index (κ2) is 9.28. The summed E-state index contributed by atoms with van der Waals surface area (Å²) >= 11 is 1.26. The monoisotopic (exact) mass is 312 g/mol. The molecule has 1 aromatic rings. The van der Waals surface area contributed by atoms with Gasteiger partial charge < -0.3 is 20.1 Å². The molecule has 0 aliphatic rings. The lowest BCUT2D eigenvalue weighted by atomic mass is 10.4. The van der Waals surface area contributed by atoms with Gasteiger partial charge in [0.05, 0.1) is 11.5 Å². The van der Waals surface area contributed by atoms with Crippen molar-refractivity contribution in [1.29, 1.82) is 0 Å². The molecule has 0 radical (unpaired) electrons. The fourth-order valence-corrected chi connectivity index (χ4v) is 2.35. The Balaban J connectivity index is 2.37. The van der Waals surface area contributed by atoms with Gasteiger partial charge in [-0.25, -0.2) is 4.79 Å². The highest BCUT2D eigenvalue weighted by atomic mass is 32.1. The highest BCUT2D eigenvalue weighted by molar-refractivity contribution is 7.14. The average Bonchev–Trinajstić information content (AvgIpc) is 2.91. The van der Waals surface area contributed by atoms with E-state index in [1.807, 2.05) is 7.05 Å². The van der Waals surface area contributed by atoms with E-state index in [1.54, 1.807) is 19.2 Å². The molecule has 1 aromatic heterocycles. The largest absolute Gasteiger partial charge is 0.478 e. The van der Waals surface area contributed by atoms with Gasteiger partial charge >= 0.3 is 5.97 Å². The lowest BCUT2D eigenvalue weighted by Gasteiger charge is -2.15. The minimum Gasteiger partial charge on any atom is -0.478 e. The van der Waals surface area contributed by atoms with E-state index in [4.69, 9.17) is 9.84 Å². The summed E-state index contributed by atoms with van der Waals surface area (Å²) in [7, 11) is 3.62. The van der Waals surface area contributed by atoms with Gasteiger partial charge in [0.15, 0.2) is 0 Å². The number of carboxylic acids is 1. The SMILES string of the molecule is COCCN(C)CCNC(=O)c1ccc(C=CC(=O)O)s1. The van der Waals surface area contributed by atoms with Gasteiger partial charge in [0.2, 0.25) is 0 Å². The number of ether oxygens (including phenoxy) is 1. The Kier molecular flexibility index (Phi) is 7.66. The summed E-state index contributed by atoms with van der Waals surface area (Å²) in [4.78, 5) is 25.7. The lowest BCUT2D eigenvalue weighted by molar-refractivity contribution is -0.131. The Morgan fingerprint density at radius 3 is 2.86 bits per heavy atom. The van der Waals surface area contributed by atoms with Crippen molar-refractivity contribution >= 4 is 29.3 Å². The van der Waals surface area contributed by atoms with Crippen LogP contribution < -0.4 is 5.32 Å². The molecule has 7 heteroatoms. The fourth-order valence-electron chi connectivity index (χ4n) is 1.52. The second-order valence-electron chi connectivity index (χ2n) is 4.43. The smallest absolute Gasteiger partial charge is 0.328 e. The molecular formula is C14H20N2O4S. The highest BCUT2D eigenvalue weighted by Crippen LogP contribution is 2.17. The van der Waals surface area contributed by atoms with E-state index in [0.29, 0.717) is 18.0 Å². The van der Waals surface area contributed by atoms with Gasteiger partial charge in [-0.05, 0) is 25.3 Å². The van der Waals surface area contributed by atoms with E-state index in [-0.39, 0.29) is 5.91 Å². The van der Waals surface area contributed by atoms with Crippen molar-refractivity contribution < 1.29 is 19.4 Å². The van der Waals surface area contributed by atoms with Crippen molar-refractivity contribution in [2.75, 3.05) is 40.4 Å². The number of hydrogen-bond donors (Lipinski definition) is 2. The number of thiophene rings is 1. The first-order chi connectivity index (χ1) is 10.0. The van der Waals surface area contributed by atoms with Crippen LogP contribution in [-0.2, 0) is 9.53 Å². The third-order valence-electron chi connectivity index (χ3n) is 2.70. The van der Waals surface area contributed by atoms with E-state index < -0.39 is 5.97 Å². The van der Waals surface area contributed by atoms with Crippen LogP contribution in [0.4, 0.5) is 0 Å². The lowest BCUT2D eigenvalue weighted by Crippen LogP contribution is -2.34. The van der Waals surface area contributed by atoms with Gasteiger partial charge in [-0.15, -0.1) is 11.3 Å². The van der Waals surface area contributed by atoms with Crippen LogP contribution in [-0.4, -0.2) is 62.3 Å². The summed E-state index contributed by atoms with van der Waals surface area (Å²) in [6, 6.07) is 3.42. The van der Waals surface area contributed by atoms with Crippen molar-refractivity contribution in [2.45, 2.75) is 0 Å². The number of amides is 1. The van der Waals surface area contributed by atoms with Gasteiger partial charge in [0, 0.05) is 37.7 Å². The predicted molar refractivity (Wildman–Crippen MR) is 82.7 cm³/mol. The van der Waals surface area contributed by atoms with Crippen molar-refractivity contribution in [1.82, 2.24) is 10.2 Å². The Morgan fingerprint density at radius 2 is 2.19 bits per heavy atom. The molecule has 6 nitrogen and oxygen atoms in total. The predicted octanol–water partition coefficient (Wildman–Crippen LogP) is 1.15. The Labute approximate surface area is 128 Å². The average molecular weight is 312 g/mol. The van der Waals surface area contributed by atoms with Crippen LogP contribution in [0.3, 0.4) is 0 Å². The Bertz CT molecular complexity index is 499. The standard InChI is InChI=1S/C14H20N2O4S/c1-16(9-10-20-2)8-7-15-14(19)12-5-3-11(21-12)4-6-13(17)18/h3-6H,7-10H2,1-2H3,(H,15,19)(H,17,18). The van der Waals surface area contributed by atoms with Gasteiger partial charge in [-0.2, -0.15) is 0 Å². The number of aliphatic carboxylic acids is 1. The first-order valence-electron chi connectivity index (χ1n) is 6.49. The van der Waals surface area contributed by atoms with E-state index >= 15 is 0 Å². The zero-order valence-electron chi connectivity index (χ0n) is 12.2. The topological polar surface area (TPSA) is 78.9 Å². The molecule has 0 fully saturated rings. The number of methoxy groups -OCH3 is 1. The molecule has 0 spiro atoms. The molecule has 0 unspecified atom stereocenters. The molecule has 0 atom stereocenters. The summed E-state index contributed by atoms with van der Waals surface area (Å²) in [5.74, 6) is -1.15. The molecule has 0 aliphatic heterocycles. The maximum absolute atomic E-state index is 11.9. The van der Waals surface area contributed by atoms with Crippen LogP contribution in [0.2, 0.25) is 0 Å². The van der Waals surface area contributed by atoms with E-state index in [0.717, 1.165) is 24.0 Å². The molecule has 116 valence electrons. The molecule has 0 aromatic carbocycles. The first kappa shape index (κ1) is 17.4. The molecule has 0 bridgehead atoms. The molecule has 1 amide bonds. The van der Waals surface area contributed by atoms with Crippen molar-refractivity contribution in [3.05, 3.63) is 28.0 Å².